The smallest absolute Gasteiger partial charge is 0.410 e. The van der Waals surface area contributed by atoms with E-state index < -0.39 is 21.7 Å². The van der Waals surface area contributed by atoms with Crippen molar-refractivity contribution in [2.45, 2.75) is 71.3 Å². The molecule has 2 aliphatic rings. The number of piperidine rings is 1. The summed E-state index contributed by atoms with van der Waals surface area (Å²) in [6.07, 6.45) is 2.87. The highest BCUT2D eigenvalue weighted by Crippen LogP contribution is 2.42. The van der Waals surface area contributed by atoms with E-state index >= 15 is 0 Å². The first-order chi connectivity index (χ1) is 12.4. The number of aromatic nitrogens is 3. The number of rotatable bonds is 1. The predicted molar refractivity (Wildman–Crippen MR) is 104 cm³/mol. The molecule has 3 heterocycles. The fraction of sp³-hybridized carbons (Fsp3) is 0.778. The van der Waals surface area contributed by atoms with Crippen LogP contribution in [0.1, 0.15) is 60.1 Å². The van der Waals surface area contributed by atoms with Gasteiger partial charge in [0.05, 0.1) is 12.7 Å². The standard InChI is InChI=1S/C18H29N5O3S/c1-16(2,3)26-15(24)22-9-7-18(8-10-22)12-23-13(11-19-21-23)14(18)20-27(25)17(4,5)6/h11H,7-10,12H2,1-6H3/b20-14+/t27-/m1/s1. The number of hydrogen-bond acceptors (Lipinski definition) is 6. The van der Waals surface area contributed by atoms with E-state index in [-0.39, 0.29) is 11.5 Å². The molecule has 1 amide bonds. The molecule has 3 rings (SSSR count). The van der Waals surface area contributed by atoms with Gasteiger partial charge in [-0.15, -0.1) is 5.10 Å². The lowest BCUT2D eigenvalue weighted by atomic mass is 9.75. The van der Waals surface area contributed by atoms with Crippen LogP contribution in [0.2, 0.25) is 0 Å². The van der Waals surface area contributed by atoms with Gasteiger partial charge in [0.2, 0.25) is 0 Å². The Bertz CT molecular complexity index is 739. The lowest BCUT2D eigenvalue weighted by molar-refractivity contribution is 0.0150. The van der Waals surface area contributed by atoms with E-state index in [4.69, 9.17) is 4.74 Å². The minimum Gasteiger partial charge on any atom is -0.591 e. The van der Waals surface area contributed by atoms with Gasteiger partial charge >= 0.3 is 6.09 Å². The largest absolute Gasteiger partial charge is 0.591 e. The van der Waals surface area contributed by atoms with Crippen LogP contribution in [0, 0.1) is 5.41 Å². The molecule has 1 spiro atoms. The summed E-state index contributed by atoms with van der Waals surface area (Å²) in [6, 6.07) is 0. The maximum Gasteiger partial charge on any atom is 0.410 e. The lowest BCUT2D eigenvalue weighted by Gasteiger charge is -2.39. The minimum absolute atomic E-state index is 0.259. The van der Waals surface area contributed by atoms with Crippen molar-refractivity contribution in [2.24, 2.45) is 9.81 Å². The van der Waals surface area contributed by atoms with E-state index in [1.54, 1.807) is 11.1 Å². The van der Waals surface area contributed by atoms with E-state index in [1.807, 2.05) is 46.2 Å². The third kappa shape index (κ3) is 4.13. The topological polar surface area (TPSA) is 95.7 Å². The van der Waals surface area contributed by atoms with Gasteiger partial charge in [0.1, 0.15) is 33.1 Å². The number of ether oxygens (including phenoxy) is 1. The fourth-order valence-corrected chi connectivity index (χ4v) is 4.12. The van der Waals surface area contributed by atoms with E-state index in [2.05, 4.69) is 14.7 Å². The molecule has 0 radical (unpaired) electrons. The Morgan fingerprint density at radius 2 is 1.89 bits per heavy atom. The molecule has 1 fully saturated rings. The Hall–Kier alpha value is -1.61. The lowest BCUT2D eigenvalue weighted by Crippen LogP contribution is -2.48. The first kappa shape index (κ1) is 20.1. The molecule has 0 aliphatic carbocycles. The van der Waals surface area contributed by atoms with Crippen LogP contribution in [0.3, 0.4) is 0 Å². The Kier molecular flexibility index (Phi) is 5.05. The Balaban J connectivity index is 1.81. The molecule has 150 valence electrons. The third-order valence-corrected chi connectivity index (χ3v) is 6.28. The third-order valence-electron chi connectivity index (χ3n) is 4.89. The summed E-state index contributed by atoms with van der Waals surface area (Å²) < 4.78 is 24.2. The highest BCUT2D eigenvalue weighted by atomic mass is 32.2. The van der Waals surface area contributed by atoms with Gasteiger partial charge in [-0.25, -0.2) is 9.48 Å². The van der Waals surface area contributed by atoms with E-state index in [0.717, 1.165) is 24.2 Å². The zero-order valence-electron chi connectivity index (χ0n) is 17.0. The molecule has 0 unspecified atom stereocenters. The van der Waals surface area contributed by atoms with Gasteiger partial charge in [0.15, 0.2) is 0 Å². The van der Waals surface area contributed by atoms with Crippen molar-refractivity contribution in [3.63, 3.8) is 0 Å². The van der Waals surface area contributed by atoms with E-state index in [1.165, 1.54) is 0 Å². The molecular weight excluding hydrogens is 366 g/mol. The van der Waals surface area contributed by atoms with Gasteiger partial charge in [0.25, 0.3) is 0 Å². The molecule has 8 nitrogen and oxygen atoms in total. The minimum atomic E-state index is -1.36. The highest BCUT2D eigenvalue weighted by molar-refractivity contribution is 7.91. The van der Waals surface area contributed by atoms with Crippen molar-refractivity contribution in [3.05, 3.63) is 11.9 Å². The SMILES string of the molecule is CC(C)(C)OC(=O)N1CCC2(CC1)Cn1nncc1/C2=N\[S@+]([O-])C(C)(C)C. The van der Waals surface area contributed by atoms with Crippen LogP contribution >= 0.6 is 0 Å². The molecular formula is C18H29N5O3S. The molecule has 1 aromatic rings. The predicted octanol–water partition coefficient (Wildman–Crippen LogP) is 2.56. The van der Waals surface area contributed by atoms with Crippen LogP contribution < -0.4 is 0 Å². The van der Waals surface area contributed by atoms with Gasteiger partial charge in [-0.05, 0) is 54.4 Å². The number of carbonyl (C=O) groups excluding carboxylic acids is 1. The average Bonchev–Trinajstić information content (AvgIpc) is 3.07. The Labute approximate surface area is 163 Å². The van der Waals surface area contributed by atoms with Crippen LogP contribution in [0.25, 0.3) is 0 Å². The molecule has 0 saturated carbocycles. The van der Waals surface area contributed by atoms with Crippen LogP contribution in [0.5, 0.6) is 0 Å². The quantitative estimate of drug-likeness (QED) is 0.681. The normalized spacial score (nSPS) is 22.2. The van der Waals surface area contributed by atoms with Gasteiger partial charge in [-0.2, -0.15) is 0 Å². The van der Waals surface area contributed by atoms with Crippen molar-refractivity contribution in [3.8, 4) is 0 Å². The summed E-state index contributed by atoms with van der Waals surface area (Å²) in [5.74, 6) is 0. The van der Waals surface area contributed by atoms with E-state index in [9.17, 15) is 9.35 Å². The molecule has 27 heavy (non-hydrogen) atoms. The van der Waals surface area contributed by atoms with Crippen molar-refractivity contribution < 1.29 is 14.1 Å². The number of likely N-dealkylation sites (tertiary alicyclic amines) is 1. The van der Waals surface area contributed by atoms with Crippen molar-refractivity contribution in [1.82, 2.24) is 19.9 Å². The van der Waals surface area contributed by atoms with Gasteiger partial charge < -0.3 is 14.2 Å². The molecule has 0 aromatic carbocycles. The maximum atomic E-state index is 12.7. The van der Waals surface area contributed by atoms with Crippen molar-refractivity contribution >= 4 is 23.2 Å². The Morgan fingerprint density at radius 3 is 2.44 bits per heavy atom. The second-order valence-electron chi connectivity index (χ2n) is 9.33. The summed E-state index contributed by atoms with van der Waals surface area (Å²) in [5.41, 5.74) is 0.872. The summed E-state index contributed by atoms with van der Waals surface area (Å²) in [6.45, 7) is 13.2. The fourth-order valence-electron chi connectivity index (χ4n) is 3.39. The molecule has 1 aromatic heterocycles. The summed E-state index contributed by atoms with van der Waals surface area (Å²) in [7, 11) is 0. The summed E-state index contributed by atoms with van der Waals surface area (Å²) >= 11 is -1.36. The number of hydrogen-bond donors (Lipinski definition) is 0. The zero-order chi connectivity index (χ0) is 20.0. The van der Waals surface area contributed by atoms with Gasteiger partial charge in [0, 0.05) is 18.5 Å². The number of carbonyl (C=O) groups is 1. The van der Waals surface area contributed by atoms with Crippen molar-refractivity contribution in [1.29, 1.82) is 0 Å². The van der Waals surface area contributed by atoms with Crippen LogP contribution in [-0.4, -0.2) is 59.7 Å². The molecule has 0 N–H and O–H groups in total. The summed E-state index contributed by atoms with van der Waals surface area (Å²) in [5, 5.41) is 8.12. The molecule has 2 aliphatic heterocycles. The number of fused-ring (bicyclic) bond motifs is 1. The number of nitrogens with zero attached hydrogens (tertiary/aromatic N) is 5. The zero-order valence-corrected chi connectivity index (χ0v) is 17.8. The average molecular weight is 396 g/mol. The second-order valence-corrected chi connectivity index (χ2v) is 11.2. The van der Waals surface area contributed by atoms with E-state index in [0.29, 0.717) is 19.6 Å². The maximum absolute atomic E-state index is 12.7. The van der Waals surface area contributed by atoms with Crippen LogP contribution in [0.15, 0.2) is 10.6 Å². The summed E-state index contributed by atoms with van der Waals surface area (Å²) in [4.78, 5) is 14.1. The second kappa shape index (κ2) is 6.77. The highest BCUT2D eigenvalue weighted by Gasteiger charge is 2.49. The molecule has 0 bridgehead atoms. The van der Waals surface area contributed by atoms with Gasteiger partial charge in [-0.3, -0.25) is 0 Å². The van der Waals surface area contributed by atoms with Crippen LogP contribution in [0.4, 0.5) is 4.79 Å². The van der Waals surface area contributed by atoms with Gasteiger partial charge in [-0.1, -0.05) is 9.61 Å². The molecule has 1 saturated heterocycles. The molecule has 1 atom stereocenters. The first-order valence-corrected chi connectivity index (χ1v) is 10.4. The first-order valence-electron chi connectivity index (χ1n) is 9.29. The Morgan fingerprint density at radius 1 is 1.26 bits per heavy atom. The number of amides is 1. The molecule has 9 heteroatoms. The van der Waals surface area contributed by atoms with Crippen LogP contribution in [-0.2, 0) is 22.6 Å². The van der Waals surface area contributed by atoms with Crippen molar-refractivity contribution in [2.75, 3.05) is 13.1 Å². The monoisotopic (exact) mass is 395 g/mol.